The number of aromatic nitrogens is 3. The third kappa shape index (κ3) is 6.05. The molecule has 0 aliphatic heterocycles. The smallest absolute Gasteiger partial charge is 0.320 e. The molecule has 2 amide bonds. The van der Waals surface area contributed by atoms with Crippen molar-refractivity contribution in [3.8, 4) is 17.0 Å². The van der Waals surface area contributed by atoms with Crippen LogP contribution in [0.5, 0.6) is 5.88 Å². The molecule has 2 heterocycles. The lowest BCUT2D eigenvalue weighted by Crippen LogP contribution is -2.28. The minimum absolute atomic E-state index is 0.326. The number of urea groups is 1. The summed E-state index contributed by atoms with van der Waals surface area (Å²) in [5.41, 5.74) is 2.76. The number of anilines is 1. The molecule has 29 heavy (non-hydrogen) atoms. The predicted molar refractivity (Wildman–Crippen MR) is 113 cm³/mol. The van der Waals surface area contributed by atoms with E-state index >= 15 is 0 Å². The van der Waals surface area contributed by atoms with Gasteiger partial charge in [0.15, 0.2) is 5.82 Å². The molecule has 3 rings (SSSR count). The molecule has 0 atom stereocenters. The van der Waals surface area contributed by atoms with Gasteiger partial charge in [-0.25, -0.2) is 9.78 Å². The molecule has 0 saturated heterocycles. The Hall–Kier alpha value is -3.39. The van der Waals surface area contributed by atoms with E-state index in [1.54, 1.807) is 10.9 Å². The van der Waals surface area contributed by atoms with Crippen molar-refractivity contribution in [2.45, 2.75) is 6.54 Å². The van der Waals surface area contributed by atoms with Gasteiger partial charge >= 0.3 is 6.03 Å². The average Bonchev–Trinajstić information content (AvgIpc) is 3.07. The summed E-state index contributed by atoms with van der Waals surface area (Å²) in [6.45, 7) is 1.71. The fraction of sp³-hybridized carbons (Fsp3) is 0.286. The molecule has 3 aromatic rings. The first kappa shape index (κ1) is 20.3. The van der Waals surface area contributed by atoms with Gasteiger partial charge in [-0.05, 0) is 31.3 Å². The summed E-state index contributed by atoms with van der Waals surface area (Å²) in [4.78, 5) is 18.6. The molecule has 2 aromatic heterocycles. The van der Waals surface area contributed by atoms with Crippen LogP contribution in [0.1, 0.15) is 5.56 Å². The van der Waals surface area contributed by atoms with Crippen LogP contribution in [0.15, 0.2) is 54.9 Å². The summed E-state index contributed by atoms with van der Waals surface area (Å²) in [6, 6.07) is 13.2. The third-order valence-electron chi connectivity index (χ3n) is 4.19. The van der Waals surface area contributed by atoms with Gasteiger partial charge in [0.1, 0.15) is 6.61 Å². The molecule has 0 bridgehead atoms. The zero-order valence-electron chi connectivity index (χ0n) is 16.9. The molecule has 0 radical (unpaired) electrons. The van der Waals surface area contributed by atoms with Crippen LogP contribution in [-0.4, -0.2) is 52.9 Å². The molecule has 0 aliphatic rings. The molecular weight excluding hydrogens is 368 g/mol. The number of carbonyl (C=O) groups excluding carboxylic acids is 1. The van der Waals surface area contributed by atoms with Gasteiger partial charge in [0.25, 0.3) is 0 Å². The second kappa shape index (κ2) is 9.70. The van der Waals surface area contributed by atoms with Gasteiger partial charge in [0, 0.05) is 44.2 Å². The van der Waals surface area contributed by atoms with Gasteiger partial charge in [-0.2, -0.15) is 5.10 Å². The standard InChI is InChI=1S/C21H26N6O2/c1-26(2)11-12-29-19-13-16(9-10-22-19)14-23-21(28)24-20-18(15-27(3)25-20)17-7-5-4-6-8-17/h4-10,13,15H,11-12,14H2,1-3H3,(H2,23,24,25,28). The van der Waals surface area contributed by atoms with E-state index in [0.29, 0.717) is 24.8 Å². The summed E-state index contributed by atoms with van der Waals surface area (Å²) in [5, 5.41) is 10.0. The number of likely N-dealkylation sites (N-methyl/N-ethyl adjacent to an activating group) is 1. The van der Waals surface area contributed by atoms with Crippen LogP contribution in [-0.2, 0) is 13.6 Å². The highest BCUT2D eigenvalue weighted by molar-refractivity contribution is 5.92. The Bertz CT molecular complexity index is 939. The monoisotopic (exact) mass is 394 g/mol. The van der Waals surface area contributed by atoms with Crippen LogP contribution in [0.25, 0.3) is 11.1 Å². The van der Waals surface area contributed by atoms with E-state index in [0.717, 1.165) is 23.2 Å². The molecule has 1 aromatic carbocycles. The lowest BCUT2D eigenvalue weighted by Gasteiger charge is -2.11. The number of ether oxygens (including phenoxy) is 1. The van der Waals surface area contributed by atoms with Crippen LogP contribution < -0.4 is 15.4 Å². The van der Waals surface area contributed by atoms with E-state index in [1.807, 2.05) is 74.7 Å². The second-order valence-electron chi connectivity index (χ2n) is 6.89. The van der Waals surface area contributed by atoms with E-state index in [4.69, 9.17) is 4.74 Å². The molecule has 152 valence electrons. The van der Waals surface area contributed by atoms with Gasteiger partial charge in [-0.1, -0.05) is 30.3 Å². The van der Waals surface area contributed by atoms with E-state index in [9.17, 15) is 4.79 Å². The molecule has 2 N–H and O–H groups in total. The number of benzene rings is 1. The topological polar surface area (TPSA) is 84.3 Å². The summed E-state index contributed by atoms with van der Waals surface area (Å²) in [6.07, 6.45) is 3.55. The zero-order chi connectivity index (χ0) is 20.6. The Kier molecular flexibility index (Phi) is 6.80. The average molecular weight is 394 g/mol. The van der Waals surface area contributed by atoms with Crippen molar-refractivity contribution in [1.29, 1.82) is 0 Å². The summed E-state index contributed by atoms with van der Waals surface area (Å²) < 4.78 is 7.31. The normalized spacial score (nSPS) is 10.8. The number of aryl methyl sites for hydroxylation is 1. The van der Waals surface area contributed by atoms with Crippen molar-refractivity contribution in [2.75, 3.05) is 32.6 Å². The number of hydrogen-bond donors (Lipinski definition) is 2. The van der Waals surface area contributed by atoms with Gasteiger partial charge < -0.3 is 15.0 Å². The minimum Gasteiger partial charge on any atom is -0.476 e. The molecular formula is C21H26N6O2. The Balaban J connectivity index is 1.57. The van der Waals surface area contributed by atoms with Crippen molar-refractivity contribution in [2.24, 2.45) is 7.05 Å². The van der Waals surface area contributed by atoms with Crippen molar-refractivity contribution in [1.82, 2.24) is 25.0 Å². The molecule has 8 heteroatoms. The molecule has 0 fully saturated rings. The minimum atomic E-state index is -0.326. The number of nitrogens with one attached hydrogen (secondary N) is 2. The molecule has 0 unspecified atom stereocenters. The second-order valence-corrected chi connectivity index (χ2v) is 6.89. The SMILES string of the molecule is CN(C)CCOc1cc(CNC(=O)Nc2nn(C)cc2-c2ccccc2)ccn1. The highest BCUT2D eigenvalue weighted by Crippen LogP contribution is 2.26. The van der Waals surface area contributed by atoms with Crippen molar-refractivity contribution in [3.05, 3.63) is 60.4 Å². The predicted octanol–water partition coefficient (Wildman–Crippen LogP) is 2.74. The van der Waals surface area contributed by atoms with Crippen LogP contribution in [0, 0.1) is 0 Å². The maximum atomic E-state index is 12.4. The number of amides is 2. The van der Waals surface area contributed by atoms with Crippen LogP contribution in [0.2, 0.25) is 0 Å². The van der Waals surface area contributed by atoms with E-state index in [1.165, 1.54) is 0 Å². The highest BCUT2D eigenvalue weighted by Gasteiger charge is 2.12. The van der Waals surface area contributed by atoms with Gasteiger partial charge in [-0.15, -0.1) is 0 Å². The molecule has 0 spiro atoms. The van der Waals surface area contributed by atoms with Gasteiger partial charge in [-0.3, -0.25) is 10.00 Å². The van der Waals surface area contributed by atoms with Crippen molar-refractivity contribution >= 4 is 11.8 Å². The Labute approximate surface area is 170 Å². The molecule has 8 nitrogen and oxygen atoms in total. The zero-order valence-corrected chi connectivity index (χ0v) is 16.9. The first-order chi connectivity index (χ1) is 14.0. The fourth-order valence-electron chi connectivity index (χ4n) is 2.72. The van der Waals surface area contributed by atoms with E-state index in [-0.39, 0.29) is 6.03 Å². The maximum Gasteiger partial charge on any atom is 0.320 e. The quantitative estimate of drug-likeness (QED) is 0.614. The third-order valence-corrected chi connectivity index (χ3v) is 4.19. The number of nitrogens with zero attached hydrogens (tertiary/aromatic N) is 4. The van der Waals surface area contributed by atoms with Crippen molar-refractivity contribution < 1.29 is 9.53 Å². The largest absolute Gasteiger partial charge is 0.476 e. The summed E-state index contributed by atoms with van der Waals surface area (Å²) >= 11 is 0. The first-order valence-corrected chi connectivity index (χ1v) is 9.37. The van der Waals surface area contributed by atoms with Crippen LogP contribution >= 0.6 is 0 Å². The molecule has 0 saturated carbocycles. The number of pyridine rings is 1. The number of carbonyl (C=O) groups is 1. The van der Waals surface area contributed by atoms with Gasteiger partial charge in [0.05, 0.1) is 0 Å². The number of rotatable bonds is 8. The van der Waals surface area contributed by atoms with E-state index < -0.39 is 0 Å². The maximum absolute atomic E-state index is 12.4. The number of hydrogen-bond acceptors (Lipinski definition) is 5. The van der Waals surface area contributed by atoms with Crippen LogP contribution in [0.3, 0.4) is 0 Å². The Morgan fingerprint density at radius 1 is 1.21 bits per heavy atom. The highest BCUT2D eigenvalue weighted by atomic mass is 16.5. The Morgan fingerprint density at radius 2 is 2.00 bits per heavy atom. The van der Waals surface area contributed by atoms with Crippen molar-refractivity contribution in [3.63, 3.8) is 0 Å². The first-order valence-electron chi connectivity index (χ1n) is 9.37. The lowest BCUT2D eigenvalue weighted by molar-refractivity contribution is 0.250. The molecule has 0 aliphatic carbocycles. The van der Waals surface area contributed by atoms with Gasteiger partial charge in [0.2, 0.25) is 5.88 Å². The van der Waals surface area contributed by atoms with Crippen LogP contribution in [0.4, 0.5) is 10.6 Å². The Morgan fingerprint density at radius 3 is 2.76 bits per heavy atom. The summed E-state index contributed by atoms with van der Waals surface area (Å²) in [7, 11) is 5.80. The lowest BCUT2D eigenvalue weighted by atomic mass is 10.1. The fourth-order valence-corrected chi connectivity index (χ4v) is 2.72. The van der Waals surface area contributed by atoms with E-state index in [2.05, 4.69) is 20.7 Å². The summed E-state index contributed by atoms with van der Waals surface area (Å²) in [5.74, 6) is 1.06.